The first-order chi connectivity index (χ1) is 8.33. The molecular weight excluding hydrogens is 230 g/mol. The molecule has 0 saturated heterocycles. The van der Waals surface area contributed by atoms with E-state index < -0.39 is 0 Å². The molecule has 0 spiro atoms. The Kier molecular flexibility index (Phi) is 4.89. The van der Waals surface area contributed by atoms with Crippen molar-refractivity contribution >= 4 is 11.8 Å². The van der Waals surface area contributed by atoms with Gasteiger partial charge in [0.2, 0.25) is 0 Å². The summed E-state index contributed by atoms with van der Waals surface area (Å²) in [5.74, 6) is 0. The number of rotatable bonds is 6. The lowest BCUT2D eigenvalue weighted by molar-refractivity contribution is 0.196. The summed E-state index contributed by atoms with van der Waals surface area (Å²) in [6, 6.07) is 8.69. The Hall–Kier alpha value is -0.510. The van der Waals surface area contributed by atoms with Gasteiger partial charge in [0.15, 0.2) is 0 Å². The summed E-state index contributed by atoms with van der Waals surface area (Å²) in [4.78, 5) is 3.82. The van der Waals surface area contributed by atoms with E-state index in [1.165, 1.54) is 16.9 Å². The van der Waals surface area contributed by atoms with E-state index in [1.807, 2.05) is 11.8 Å². The zero-order valence-electron chi connectivity index (χ0n) is 10.4. The molecule has 2 rings (SSSR count). The first kappa shape index (κ1) is 12.9. The van der Waals surface area contributed by atoms with Crippen LogP contribution < -0.4 is 0 Å². The van der Waals surface area contributed by atoms with Gasteiger partial charge in [0, 0.05) is 23.2 Å². The molecule has 0 aromatic heterocycles. The van der Waals surface area contributed by atoms with E-state index in [4.69, 9.17) is 5.11 Å². The lowest BCUT2D eigenvalue weighted by atomic mass is 10.1. The van der Waals surface area contributed by atoms with Crippen LogP contribution in [0.5, 0.6) is 0 Å². The fourth-order valence-electron chi connectivity index (χ4n) is 2.40. The predicted octanol–water partition coefficient (Wildman–Crippen LogP) is 2.41. The third-order valence-corrected chi connectivity index (χ3v) is 4.43. The maximum atomic E-state index is 9.06. The van der Waals surface area contributed by atoms with Gasteiger partial charge in [0.1, 0.15) is 0 Å². The number of fused-ring (bicyclic) bond motifs is 1. The molecule has 17 heavy (non-hydrogen) atoms. The molecule has 0 amide bonds. The molecule has 1 N–H and O–H groups in total. The van der Waals surface area contributed by atoms with Gasteiger partial charge in [-0.05, 0) is 31.0 Å². The molecule has 94 valence electrons. The average Bonchev–Trinajstić information content (AvgIpc) is 2.71. The molecule has 1 aliphatic rings. The topological polar surface area (TPSA) is 23.5 Å². The molecule has 1 unspecified atom stereocenters. The van der Waals surface area contributed by atoms with Crippen LogP contribution in [0.4, 0.5) is 0 Å². The summed E-state index contributed by atoms with van der Waals surface area (Å²) in [7, 11) is 0. The molecule has 0 aliphatic carbocycles. The van der Waals surface area contributed by atoms with E-state index in [0.717, 1.165) is 26.1 Å². The summed E-state index contributed by atoms with van der Waals surface area (Å²) in [5, 5.41) is 9.72. The lowest BCUT2D eigenvalue weighted by Crippen LogP contribution is -2.33. The largest absolute Gasteiger partial charge is 0.395 e. The van der Waals surface area contributed by atoms with Crippen LogP contribution in [-0.2, 0) is 6.42 Å². The van der Waals surface area contributed by atoms with Crippen LogP contribution in [-0.4, -0.2) is 41.5 Å². The Morgan fingerprint density at radius 2 is 2.18 bits per heavy atom. The molecule has 0 fully saturated rings. The summed E-state index contributed by atoms with van der Waals surface area (Å²) >= 11 is 1.99. The van der Waals surface area contributed by atoms with Crippen LogP contribution in [0.1, 0.15) is 18.9 Å². The molecule has 1 aromatic carbocycles. The van der Waals surface area contributed by atoms with E-state index in [9.17, 15) is 0 Å². The van der Waals surface area contributed by atoms with E-state index in [0.29, 0.717) is 5.25 Å². The third kappa shape index (κ3) is 3.47. The van der Waals surface area contributed by atoms with E-state index in [-0.39, 0.29) is 6.61 Å². The number of hydrogen-bond acceptors (Lipinski definition) is 3. The van der Waals surface area contributed by atoms with Crippen molar-refractivity contribution in [1.82, 2.24) is 4.90 Å². The van der Waals surface area contributed by atoms with Gasteiger partial charge >= 0.3 is 0 Å². The van der Waals surface area contributed by atoms with Crippen molar-refractivity contribution in [3.63, 3.8) is 0 Å². The number of aliphatic hydroxyl groups excluding tert-OH is 1. The summed E-state index contributed by atoms with van der Waals surface area (Å²) < 4.78 is 0. The molecule has 1 atom stereocenters. The minimum absolute atomic E-state index is 0.268. The van der Waals surface area contributed by atoms with E-state index >= 15 is 0 Å². The molecule has 1 aromatic rings. The first-order valence-corrected chi connectivity index (χ1v) is 7.29. The Labute approximate surface area is 108 Å². The Morgan fingerprint density at radius 1 is 1.35 bits per heavy atom. The van der Waals surface area contributed by atoms with Crippen molar-refractivity contribution in [3.05, 3.63) is 29.8 Å². The number of nitrogens with zero attached hydrogens (tertiary/aromatic N) is 1. The molecule has 0 radical (unpaired) electrons. The normalized spacial score (nSPS) is 18.6. The summed E-state index contributed by atoms with van der Waals surface area (Å²) in [5.41, 5.74) is 1.49. The highest BCUT2D eigenvalue weighted by atomic mass is 32.2. The summed E-state index contributed by atoms with van der Waals surface area (Å²) in [6.07, 6.45) is 2.33. The van der Waals surface area contributed by atoms with Gasteiger partial charge in [0.05, 0.1) is 6.61 Å². The standard InChI is InChI=1S/C14H21NOS/c1-2-7-15(8-9-16)11-13-10-12-5-3-4-6-14(12)17-13/h3-6,13,16H,2,7-11H2,1H3. The average molecular weight is 251 g/mol. The van der Waals surface area contributed by atoms with Crippen molar-refractivity contribution < 1.29 is 5.11 Å². The fraction of sp³-hybridized carbons (Fsp3) is 0.571. The molecular formula is C14H21NOS. The van der Waals surface area contributed by atoms with Gasteiger partial charge < -0.3 is 5.11 Å². The smallest absolute Gasteiger partial charge is 0.0558 e. The number of aliphatic hydroxyl groups is 1. The number of hydrogen-bond donors (Lipinski definition) is 1. The molecule has 0 bridgehead atoms. The second-order valence-electron chi connectivity index (χ2n) is 4.58. The third-order valence-electron chi connectivity index (χ3n) is 3.13. The van der Waals surface area contributed by atoms with Gasteiger partial charge in [-0.25, -0.2) is 0 Å². The molecule has 3 heteroatoms. The van der Waals surface area contributed by atoms with Crippen LogP contribution in [0.15, 0.2) is 29.2 Å². The molecule has 2 nitrogen and oxygen atoms in total. The van der Waals surface area contributed by atoms with Gasteiger partial charge in [-0.3, -0.25) is 4.90 Å². The van der Waals surface area contributed by atoms with Gasteiger partial charge in [-0.15, -0.1) is 11.8 Å². The van der Waals surface area contributed by atoms with Gasteiger partial charge in [0.25, 0.3) is 0 Å². The summed E-state index contributed by atoms with van der Waals surface area (Å²) in [6.45, 7) is 5.45. The van der Waals surface area contributed by atoms with Gasteiger partial charge in [-0.1, -0.05) is 25.1 Å². The van der Waals surface area contributed by atoms with Gasteiger partial charge in [-0.2, -0.15) is 0 Å². The van der Waals surface area contributed by atoms with Crippen LogP contribution in [0.25, 0.3) is 0 Å². The lowest BCUT2D eigenvalue weighted by Gasteiger charge is -2.23. The van der Waals surface area contributed by atoms with Crippen molar-refractivity contribution in [3.8, 4) is 0 Å². The molecule has 1 heterocycles. The predicted molar refractivity (Wildman–Crippen MR) is 73.6 cm³/mol. The van der Waals surface area contributed by atoms with E-state index in [1.54, 1.807) is 0 Å². The van der Waals surface area contributed by atoms with Crippen molar-refractivity contribution in [2.24, 2.45) is 0 Å². The van der Waals surface area contributed by atoms with Crippen LogP contribution in [0, 0.1) is 0 Å². The Balaban J connectivity index is 1.89. The minimum Gasteiger partial charge on any atom is -0.395 e. The highest BCUT2D eigenvalue weighted by Crippen LogP contribution is 2.36. The monoisotopic (exact) mass is 251 g/mol. The van der Waals surface area contributed by atoms with Crippen molar-refractivity contribution in [1.29, 1.82) is 0 Å². The first-order valence-electron chi connectivity index (χ1n) is 6.41. The zero-order chi connectivity index (χ0) is 12.1. The quantitative estimate of drug-likeness (QED) is 0.840. The maximum Gasteiger partial charge on any atom is 0.0558 e. The number of thioether (sulfide) groups is 1. The Morgan fingerprint density at radius 3 is 2.88 bits per heavy atom. The van der Waals surface area contributed by atoms with Crippen LogP contribution in [0.2, 0.25) is 0 Å². The van der Waals surface area contributed by atoms with Crippen LogP contribution in [0.3, 0.4) is 0 Å². The number of benzene rings is 1. The second kappa shape index (κ2) is 6.43. The van der Waals surface area contributed by atoms with E-state index in [2.05, 4.69) is 36.1 Å². The fourth-order valence-corrected chi connectivity index (χ4v) is 3.76. The second-order valence-corrected chi connectivity index (χ2v) is 5.92. The van der Waals surface area contributed by atoms with Crippen molar-refractivity contribution in [2.45, 2.75) is 29.9 Å². The molecule has 1 aliphatic heterocycles. The van der Waals surface area contributed by atoms with Crippen molar-refractivity contribution in [2.75, 3.05) is 26.2 Å². The maximum absolute atomic E-state index is 9.06. The minimum atomic E-state index is 0.268. The van der Waals surface area contributed by atoms with Crippen LogP contribution >= 0.6 is 11.8 Å². The Bertz CT molecular complexity index is 325. The zero-order valence-corrected chi connectivity index (χ0v) is 11.2. The SMILES string of the molecule is CCCN(CCO)CC1Cc2ccccc2S1. The highest BCUT2D eigenvalue weighted by Gasteiger charge is 2.23. The molecule has 0 saturated carbocycles. The highest BCUT2D eigenvalue weighted by molar-refractivity contribution is 8.00.